The molecule has 0 bridgehead atoms. The van der Waals surface area contributed by atoms with E-state index in [4.69, 9.17) is 0 Å². The fourth-order valence-electron chi connectivity index (χ4n) is 4.47. The fourth-order valence-corrected chi connectivity index (χ4v) is 4.47. The Hall–Kier alpha value is -2.10. The highest BCUT2D eigenvalue weighted by molar-refractivity contribution is 5.89. The van der Waals surface area contributed by atoms with Crippen molar-refractivity contribution in [2.75, 3.05) is 13.1 Å². The number of carbonyl (C=O) groups is 1. The smallest absolute Gasteiger partial charge is 0.233 e. The van der Waals surface area contributed by atoms with Gasteiger partial charge < -0.3 is 9.88 Å². The number of hydrogen-bond acceptors (Lipinski definition) is 2. The third kappa shape index (κ3) is 2.54. The van der Waals surface area contributed by atoms with Crippen LogP contribution in [-0.4, -0.2) is 33.9 Å². The molecular formula is C20H25N3O. The maximum Gasteiger partial charge on any atom is 0.233 e. The number of nitrogens with zero attached hydrogens (tertiary/aromatic N) is 2. The van der Waals surface area contributed by atoms with Gasteiger partial charge in [-0.15, -0.1) is 0 Å². The van der Waals surface area contributed by atoms with Crippen molar-refractivity contribution >= 4 is 5.91 Å². The lowest BCUT2D eigenvalue weighted by molar-refractivity contribution is -0.136. The number of aromatic nitrogens is 2. The third-order valence-corrected chi connectivity index (χ3v) is 5.78. The summed E-state index contributed by atoms with van der Waals surface area (Å²) in [5, 5.41) is 0. The van der Waals surface area contributed by atoms with Crippen molar-refractivity contribution in [1.82, 2.24) is 14.9 Å². The van der Waals surface area contributed by atoms with Crippen LogP contribution in [0.2, 0.25) is 0 Å². The van der Waals surface area contributed by atoms with Gasteiger partial charge in [0.25, 0.3) is 0 Å². The van der Waals surface area contributed by atoms with E-state index in [1.54, 1.807) is 0 Å². The first-order valence-electron chi connectivity index (χ1n) is 9.05. The Balaban J connectivity index is 1.56. The highest BCUT2D eigenvalue weighted by Gasteiger charge is 2.46. The van der Waals surface area contributed by atoms with Gasteiger partial charge in [0.05, 0.1) is 5.41 Å². The number of nitrogens with one attached hydrogen (secondary N) is 1. The molecule has 2 aromatic rings. The molecular weight excluding hydrogens is 298 g/mol. The average Bonchev–Trinajstić information content (AvgIpc) is 3.35. The Bertz CT molecular complexity index is 715. The van der Waals surface area contributed by atoms with Crippen LogP contribution < -0.4 is 0 Å². The zero-order valence-electron chi connectivity index (χ0n) is 14.3. The molecule has 1 aromatic heterocycles. The number of likely N-dealkylation sites (tertiary alicyclic amines) is 1. The van der Waals surface area contributed by atoms with Gasteiger partial charge in [-0.25, -0.2) is 4.98 Å². The molecule has 1 aromatic carbocycles. The Kier molecular flexibility index (Phi) is 3.91. The molecule has 4 heteroatoms. The van der Waals surface area contributed by atoms with Crippen LogP contribution in [0.15, 0.2) is 36.5 Å². The van der Waals surface area contributed by atoms with Gasteiger partial charge in [-0.2, -0.15) is 0 Å². The van der Waals surface area contributed by atoms with E-state index in [1.807, 2.05) is 19.2 Å². The normalized spacial score (nSPS) is 22.9. The van der Waals surface area contributed by atoms with E-state index >= 15 is 0 Å². The second-order valence-corrected chi connectivity index (χ2v) is 7.34. The second-order valence-electron chi connectivity index (χ2n) is 7.34. The molecule has 1 N–H and O–H groups in total. The summed E-state index contributed by atoms with van der Waals surface area (Å²) in [7, 11) is 0. The van der Waals surface area contributed by atoms with Crippen molar-refractivity contribution in [1.29, 1.82) is 0 Å². The zero-order chi connectivity index (χ0) is 16.6. The number of aromatic amines is 1. The van der Waals surface area contributed by atoms with Crippen molar-refractivity contribution in [3.63, 3.8) is 0 Å². The molecule has 1 saturated heterocycles. The molecule has 1 aliphatic carbocycles. The standard InChI is InChI=1S/C20H25N3O/c1-15-13-21-18(22-15)16-9-12-23(14-16)19(24)20(10-5-6-11-20)17-7-3-2-4-8-17/h2-4,7-8,13,16H,5-6,9-12,14H2,1H3,(H,21,22)/t16-/m1/s1. The summed E-state index contributed by atoms with van der Waals surface area (Å²) < 4.78 is 0. The molecule has 4 nitrogen and oxygen atoms in total. The summed E-state index contributed by atoms with van der Waals surface area (Å²) in [5.41, 5.74) is 1.99. The largest absolute Gasteiger partial charge is 0.346 e. The van der Waals surface area contributed by atoms with Gasteiger partial charge in [-0.3, -0.25) is 4.79 Å². The quantitative estimate of drug-likeness (QED) is 0.939. The molecule has 0 unspecified atom stereocenters. The molecule has 4 rings (SSSR count). The minimum absolute atomic E-state index is 0.296. The Morgan fingerprint density at radius 1 is 1.25 bits per heavy atom. The molecule has 0 radical (unpaired) electrons. The lowest BCUT2D eigenvalue weighted by Crippen LogP contribution is -2.44. The molecule has 2 fully saturated rings. The van der Waals surface area contributed by atoms with Crippen LogP contribution in [0.1, 0.15) is 55.1 Å². The van der Waals surface area contributed by atoms with Crippen LogP contribution >= 0.6 is 0 Å². The van der Waals surface area contributed by atoms with Crippen LogP contribution in [-0.2, 0) is 10.2 Å². The van der Waals surface area contributed by atoms with Crippen LogP contribution in [0.25, 0.3) is 0 Å². The summed E-state index contributed by atoms with van der Waals surface area (Å²) in [6.07, 6.45) is 7.14. The number of imidazole rings is 1. The van der Waals surface area contributed by atoms with E-state index < -0.39 is 0 Å². The maximum atomic E-state index is 13.4. The van der Waals surface area contributed by atoms with Gasteiger partial charge in [-0.1, -0.05) is 43.2 Å². The number of rotatable bonds is 3. The van der Waals surface area contributed by atoms with Crippen molar-refractivity contribution < 1.29 is 4.79 Å². The van der Waals surface area contributed by atoms with Gasteiger partial charge in [0, 0.05) is 30.9 Å². The summed E-state index contributed by atoms with van der Waals surface area (Å²) in [4.78, 5) is 23.3. The van der Waals surface area contributed by atoms with Crippen molar-refractivity contribution in [2.24, 2.45) is 0 Å². The lowest BCUT2D eigenvalue weighted by Gasteiger charge is -2.33. The van der Waals surface area contributed by atoms with Gasteiger partial charge >= 0.3 is 0 Å². The molecule has 1 aliphatic heterocycles. The van der Waals surface area contributed by atoms with Gasteiger partial charge in [0.2, 0.25) is 5.91 Å². The van der Waals surface area contributed by atoms with Crippen LogP contribution in [0.4, 0.5) is 0 Å². The number of amides is 1. The Morgan fingerprint density at radius 3 is 2.67 bits per heavy atom. The summed E-state index contributed by atoms with van der Waals surface area (Å²) >= 11 is 0. The van der Waals surface area contributed by atoms with Gasteiger partial charge in [0.15, 0.2) is 0 Å². The molecule has 2 heterocycles. The maximum absolute atomic E-state index is 13.4. The third-order valence-electron chi connectivity index (χ3n) is 5.78. The highest BCUT2D eigenvalue weighted by atomic mass is 16.2. The topological polar surface area (TPSA) is 49.0 Å². The molecule has 0 spiro atoms. The van der Waals surface area contributed by atoms with Crippen molar-refractivity contribution in [3.05, 3.63) is 53.6 Å². The van der Waals surface area contributed by atoms with Gasteiger partial charge in [-0.05, 0) is 31.7 Å². The SMILES string of the molecule is Cc1cnc([C@@H]2CCN(C(=O)C3(c4ccccc4)CCCC3)C2)[nH]1. The van der Waals surface area contributed by atoms with Crippen LogP contribution in [0, 0.1) is 6.92 Å². The molecule has 1 amide bonds. The number of hydrogen-bond donors (Lipinski definition) is 1. The van der Waals surface area contributed by atoms with Crippen molar-refractivity contribution in [2.45, 2.75) is 50.4 Å². The van der Waals surface area contributed by atoms with E-state index in [1.165, 1.54) is 5.56 Å². The fraction of sp³-hybridized carbons (Fsp3) is 0.500. The first-order chi connectivity index (χ1) is 11.7. The predicted molar refractivity (Wildman–Crippen MR) is 93.9 cm³/mol. The van der Waals surface area contributed by atoms with E-state index in [0.717, 1.165) is 56.7 Å². The van der Waals surface area contributed by atoms with Gasteiger partial charge in [0.1, 0.15) is 5.82 Å². The molecule has 24 heavy (non-hydrogen) atoms. The number of benzene rings is 1. The summed E-state index contributed by atoms with van der Waals surface area (Å²) in [6.45, 7) is 3.66. The van der Waals surface area contributed by atoms with Crippen molar-refractivity contribution in [3.8, 4) is 0 Å². The number of H-pyrrole nitrogens is 1. The Labute approximate surface area is 143 Å². The van der Waals surface area contributed by atoms with Crippen LogP contribution in [0.3, 0.4) is 0 Å². The molecule has 126 valence electrons. The minimum Gasteiger partial charge on any atom is -0.346 e. The Morgan fingerprint density at radius 2 is 2.00 bits per heavy atom. The summed E-state index contributed by atoms with van der Waals surface area (Å²) in [5.74, 6) is 1.71. The predicted octanol–water partition coefficient (Wildman–Crippen LogP) is 3.55. The van der Waals surface area contributed by atoms with E-state index in [2.05, 4.69) is 39.1 Å². The monoisotopic (exact) mass is 323 g/mol. The summed E-state index contributed by atoms with van der Waals surface area (Å²) in [6, 6.07) is 10.4. The number of aryl methyl sites for hydroxylation is 1. The van der Waals surface area contributed by atoms with E-state index in [9.17, 15) is 4.79 Å². The highest BCUT2D eigenvalue weighted by Crippen LogP contribution is 2.43. The number of carbonyl (C=O) groups excluding carboxylic acids is 1. The first-order valence-corrected chi connectivity index (χ1v) is 9.05. The molecule has 2 aliphatic rings. The van der Waals surface area contributed by atoms with E-state index in [0.29, 0.717) is 11.8 Å². The minimum atomic E-state index is -0.296. The second kappa shape index (κ2) is 6.08. The molecule has 1 atom stereocenters. The first kappa shape index (κ1) is 15.4. The lowest BCUT2D eigenvalue weighted by atomic mass is 9.77. The molecule has 1 saturated carbocycles. The zero-order valence-corrected chi connectivity index (χ0v) is 14.3. The average molecular weight is 323 g/mol. The van der Waals surface area contributed by atoms with Crippen LogP contribution in [0.5, 0.6) is 0 Å². The van der Waals surface area contributed by atoms with E-state index in [-0.39, 0.29) is 5.41 Å².